The second-order valence-corrected chi connectivity index (χ2v) is 6.04. The Morgan fingerprint density at radius 2 is 1.27 bits per heavy atom. The van der Waals surface area contributed by atoms with Gasteiger partial charge in [-0.25, -0.2) is 0 Å². The molecule has 0 rings (SSSR count). The summed E-state index contributed by atoms with van der Waals surface area (Å²) >= 11 is 0. The maximum atomic E-state index is 10.5. The largest absolute Gasteiger partial charge is 0.435 e. The van der Waals surface area contributed by atoms with E-state index in [0.29, 0.717) is 0 Å². The molecule has 0 aromatic rings. The number of carbonyl (C=O) groups is 1. The topological polar surface area (TPSA) is 26.3 Å². The van der Waals surface area contributed by atoms with Gasteiger partial charge in [-0.1, -0.05) is 89.7 Å². The molecule has 0 saturated carbocycles. The molecule has 0 spiro atoms. The number of carbonyl (C=O) groups excluding carboxylic acids is 1. The number of hydrogen-bond donors (Lipinski definition) is 0. The third-order valence-electron chi connectivity index (χ3n) is 3.78. The molecule has 0 amide bonds. The van der Waals surface area contributed by atoms with Crippen LogP contribution < -0.4 is 0 Å². The van der Waals surface area contributed by atoms with Crippen molar-refractivity contribution >= 4 is 5.97 Å². The van der Waals surface area contributed by atoms with Crippen molar-refractivity contribution in [2.24, 2.45) is 0 Å². The van der Waals surface area contributed by atoms with Crippen LogP contribution in [0.3, 0.4) is 0 Å². The van der Waals surface area contributed by atoms with E-state index in [1.165, 1.54) is 90.2 Å². The molecule has 0 aromatic heterocycles. The molecule has 0 saturated heterocycles. The number of allylic oxidation sites excluding steroid dienone is 3. The standard InChI is InChI=1S/C20H36O2/c1-3-4-5-6-7-8-9-10-11-12-13-14-15-16-17-18-19-22-20(2)21/h16-19H,3-15H2,1-2H3. The van der Waals surface area contributed by atoms with Crippen LogP contribution >= 0.6 is 0 Å². The Balaban J connectivity index is 3.12. The zero-order valence-corrected chi connectivity index (χ0v) is 14.8. The van der Waals surface area contributed by atoms with Gasteiger partial charge in [-0.15, -0.1) is 0 Å². The molecule has 2 nitrogen and oxygen atoms in total. The minimum absolute atomic E-state index is 0.273. The first-order chi connectivity index (χ1) is 10.8. The van der Waals surface area contributed by atoms with Crippen molar-refractivity contribution in [3.8, 4) is 0 Å². The van der Waals surface area contributed by atoms with Gasteiger partial charge in [0.1, 0.15) is 0 Å². The molecular weight excluding hydrogens is 272 g/mol. The predicted molar refractivity (Wildman–Crippen MR) is 95.7 cm³/mol. The van der Waals surface area contributed by atoms with Crippen LogP contribution in [-0.4, -0.2) is 5.97 Å². The lowest BCUT2D eigenvalue weighted by Gasteiger charge is -2.02. The molecule has 0 aliphatic rings. The number of ether oxygens (including phenoxy) is 1. The molecule has 22 heavy (non-hydrogen) atoms. The van der Waals surface area contributed by atoms with Crippen molar-refractivity contribution in [2.75, 3.05) is 0 Å². The summed E-state index contributed by atoms with van der Waals surface area (Å²) in [6.45, 7) is 3.68. The van der Waals surface area contributed by atoms with Crippen molar-refractivity contribution < 1.29 is 9.53 Å². The van der Waals surface area contributed by atoms with E-state index < -0.39 is 0 Å². The fourth-order valence-electron chi connectivity index (χ4n) is 2.46. The van der Waals surface area contributed by atoms with E-state index in [4.69, 9.17) is 4.74 Å². The van der Waals surface area contributed by atoms with Crippen LogP contribution in [0, 0.1) is 0 Å². The van der Waals surface area contributed by atoms with Crippen molar-refractivity contribution in [3.63, 3.8) is 0 Å². The van der Waals surface area contributed by atoms with E-state index >= 15 is 0 Å². The van der Waals surface area contributed by atoms with E-state index in [1.807, 2.05) is 6.08 Å². The Morgan fingerprint density at radius 3 is 1.77 bits per heavy atom. The summed E-state index contributed by atoms with van der Waals surface area (Å²) in [6.07, 6.45) is 25.1. The Bertz CT molecular complexity index is 292. The normalized spacial score (nSPS) is 11.5. The van der Waals surface area contributed by atoms with Crippen LogP contribution in [0.2, 0.25) is 0 Å². The highest BCUT2D eigenvalue weighted by Crippen LogP contribution is 2.12. The average Bonchev–Trinajstić information content (AvgIpc) is 2.50. The zero-order valence-electron chi connectivity index (χ0n) is 14.8. The summed E-state index contributed by atoms with van der Waals surface area (Å²) in [5.41, 5.74) is 0. The van der Waals surface area contributed by atoms with Crippen LogP contribution in [0.1, 0.15) is 97.3 Å². The molecule has 0 heterocycles. The third kappa shape index (κ3) is 18.9. The number of rotatable bonds is 15. The quantitative estimate of drug-likeness (QED) is 0.145. The van der Waals surface area contributed by atoms with E-state index in [0.717, 1.165) is 6.42 Å². The van der Waals surface area contributed by atoms with Gasteiger partial charge < -0.3 is 4.74 Å². The van der Waals surface area contributed by atoms with Gasteiger partial charge >= 0.3 is 5.97 Å². The molecule has 0 aliphatic heterocycles. The van der Waals surface area contributed by atoms with Crippen molar-refractivity contribution in [1.29, 1.82) is 0 Å². The van der Waals surface area contributed by atoms with E-state index in [9.17, 15) is 4.79 Å². The van der Waals surface area contributed by atoms with Crippen molar-refractivity contribution in [1.82, 2.24) is 0 Å². The van der Waals surface area contributed by atoms with Crippen LogP contribution in [-0.2, 0) is 9.53 Å². The second kappa shape index (κ2) is 18.0. The molecule has 0 bridgehead atoms. The monoisotopic (exact) mass is 308 g/mol. The highest BCUT2D eigenvalue weighted by molar-refractivity contribution is 5.66. The number of esters is 1. The molecule has 0 radical (unpaired) electrons. The minimum atomic E-state index is -0.273. The van der Waals surface area contributed by atoms with Gasteiger partial charge in [-0.3, -0.25) is 4.79 Å². The highest BCUT2D eigenvalue weighted by atomic mass is 16.5. The molecule has 2 heteroatoms. The molecule has 0 atom stereocenters. The molecule has 0 aromatic carbocycles. The third-order valence-corrected chi connectivity index (χ3v) is 3.78. The molecule has 0 unspecified atom stereocenters. The van der Waals surface area contributed by atoms with Crippen LogP contribution in [0.15, 0.2) is 24.5 Å². The second-order valence-electron chi connectivity index (χ2n) is 6.04. The van der Waals surface area contributed by atoms with Gasteiger partial charge in [-0.05, 0) is 18.9 Å². The molecule has 0 fully saturated rings. The van der Waals surface area contributed by atoms with Gasteiger partial charge in [-0.2, -0.15) is 0 Å². The molecule has 0 N–H and O–H groups in total. The highest BCUT2D eigenvalue weighted by Gasteiger charge is 1.92. The summed E-state index contributed by atoms with van der Waals surface area (Å²) in [6, 6.07) is 0. The smallest absolute Gasteiger partial charge is 0.307 e. The Kier molecular flexibility index (Phi) is 17.1. The lowest BCUT2D eigenvalue weighted by atomic mass is 10.0. The van der Waals surface area contributed by atoms with Crippen LogP contribution in [0.5, 0.6) is 0 Å². The average molecular weight is 309 g/mol. The summed E-state index contributed by atoms with van der Waals surface area (Å²) in [4.78, 5) is 10.5. The Morgan fingerprint density at radius 1 is 0.773 bits per heavy atom. The van der Waals surface area contributed by atoms with E-state index in [2.05, 4.69) is 13.0 Å². The van der Waals surface area contributed by atoms with Gasteiger partial charge in [0.05, 0.1) is 6.26 Å². The fourth-order valence-corrected chi connectivity index (χ4v) is 2.46. The zero-order chi connectivity index (χ0) is 16.3. The lowest BCUT2D eigenvalue weighted by molar-refractivity contribution is -0.135. The minimum Gasteiger partial charge on any atom is -0.435 e. The SMILES string of the molecule is CCCCCCCCCCCCCCC=CC=COC(C)=O. The van der Waals surface area contributed by atoms with Crippen LogP contribution in [0.25, 0.3) is 0 Å². The number of hydrogen-bond acceptors (Lipinski definition) is 2. The van der Waals surface area contributed by atoms with Crippen molar-refractivity contribution in [2.45, 2.75) is 97.3 Å². The predicted octanol–water partition coefficient (Wildman–Crippen LogP) is 6.71. The Labute approximate surface area is 138 Å². The van der Waals surface area contributed by atoms with Gasteiger partial charge in [0.2, 0.25) is 0 Å². The first-order valence-corrected chi connectivity index (χ1v) is 9.26. The first-order valence-electron chi connectivity index (χ1n) is 9.26. The molecule has 128 valence electrons. The van der Waals surface area contributed by atoms with Gasteiger partial charge in [0.15, 0.2) is 0 Å². The van der Waals surface area contributed by atoms with Crippen molar-refractivity contribution in [3.05, 3.63) is 24.5 Å². The summed E-state index contributed by atoms with van der Waals surface area (Å²) < 4.78 is 4.69. The lowest BCUT2D eigenvalue weighted by Crippen LogP contribution is -1.88. The van der Waals surface area contributed by atoms with Gasteiger partial charge in [0.25, 0.3) is 0 Å². The fraction of sp³-hybridized carbons (Fsp3) is 0.750. The molecular formula is C20H36O2. The Hall–Kier alpha value is -1.05. The van der Waals surface area contributed by atoms with Gasteiger partial charge in [0, 0.05) is 6.92 Å². The summed E-state index contributed by atoms with van der Waals surface area (Å²) in [5, 5.41) is 0. The number of unbranched alkanes of at least 4 members (excludes halogenated alkanes) is 12. The summed E-state index contributed by atoms with van der Waals surface area (Å²) in [7, 11) is 0. The maximum Gasteiger partial charge on any atom is 0.307 e. The maximum absolute atomic E-state index is 10.5. The van der Waals surface area contributed by atoms with E-state index in [-0.39, 0.29) is 5.97 Å². The first kappa shape index (κ1) is 20.9. The summed E-state index contributed by atoms with van der Waals surface area (Å²) in [5.74, 6) is -0.273. The molecule has 0 aliphatic carbocycles. The van der Waals surface area contributed by atoms with E-state index in [1.54, 1.807) is 6.08 Å². The van der Waals surface area contributed by atoms with Crippen LogP contribution in [0.4, 0.5) is 0 Å².